The van der Waals surface area contributed by atoms with E-state index in [1.165, 1.54) is 18.2 Å². The van der Waals surface area contributed by atoms with Crippen LogP contribution in [0.4, 0.5) is 17.1 Å². The predicted molar refractivity (Wildman–Crippen MR) is 90.5 cm³/mol. The fraction of sp³-hybridized carbons (Fsp3) is 0. The molecule has 3 aromatic rings. The van der Waals surface area contributed by atoms with E-state index in [2.05, 4.69) is 10.2 Å². The number of phenolic OH excluding ortho intramolecular Hbond substituents is 1. The second-order valence-electron chi connectivity index (χ2n) is 5.05. The maximum Gasteiger partial charge on any atom is 1.00 e. The van der Waals surface area contributed by atoms with Crippen molar-refractivity contribution in [3.63, 3.8) is 0 Å². The summed E-state index contributed by atoms with van der Waals surface area (Å²) in [6, 6.07) is 14.2. The molecular formula is C16H13N3NaO4S+. The first-order chi connectivity index (χ1) is 11.4. The number of hydrogen-bond donors (Lipinski definition) is 3. The summed E-state index contributed by atoms with van der Waals surface area (Å²) in [4.78, 5) is -0.414. The maximum absolute atomic E-state index is 11.3. The third kappa shape index (κ3) is 4.17. The van der Waals surface area contributed by atoms with Gasteiger partial charge in [0.05, 0.1) is 21.7 Å². The first-order valence-corrected chi connectivity index (χ1v) is 8.30. The number of anilines is 1. The molecule has 122 valence electrons. The number of nitrogen functional groups attached to an aromatic ring is 1. The van der Waals surface area contributed by atoms with Crippen molar-refractivity contribution in [2.24, 2.45) is 10.2 Å². The number of nitrogens with zero attached hydrogens (tertiary/aromatic N) is 2. The van der Waals surface area contributed by atoms with Crippen LogP contribution >= 0.6 is 0 Å². The van der Waals surface area contributed by atoms with Gasteiger partial charge in [-0.1, -0.05) is 24.3 Å². The van der Waals surface area contributed by atoms with E-state index in [4.69, 9.17) is 10.3 Å². The average molecular weight is 366 g/mol. The summed E-state index contributed by atoms with van der Waals surface area (Å²) in [6.45, 7) is 0. The molecule has 0 spiro atoms. The molecule has 0 amide bonds. The Morgan fingerprint density at radius 1 is 0.960 bits per heavy atom. The minimum Gasteiger partial charge on any atom is -0.507 e. The summed E-state index contributed by atoms with van der Waals surface area (Å²) >= 11 is 0. The molecule has 0 aromatic heterocycles. The number of nitrogens with two attached hydrogens (primary N) is 1. The molecule has 0 heterocycles. The van der Waals surface area contributed by atoms with Crippen LogP contribution in [0.15, 0.2) is 69.7 Å². The Balaban J connectivity index is 0.00000225. The molecule has 0 bridgehead atoms. The Hall–Kier alpha value is -1.97. The maximum atomic E-state index is 11.3. The number of azo groups is 1. The number of hydrogen-bond acceptors (Lipinski definition) is 6. The molecule has 0 aliphatic rings. The number of benzene rings is 3. The predicted octanol–water partition coefficient (Wildman–Crippen LogP) is 0.794. The van der Waals surface area contributed by atoms with Crippen molar-refractivity contribution in [3.8, 4) is 5.75 Å². The van der Waals surface area contributed by atoms with E-state index in [1.54, 1.807) is 24.3 Å². The molecule has 0 atom stereocenters. The van der Waals surface area contributed by atoms with Gasteiger partial charge < -0.3 is 10.8 Å². The van der Waals surface area contributed by atoms with Crippen molar-refractivity contribution >= 4 is 38.0 Å². The SMILES string of the molecule is Nc1ccc2cc(S(=O)(=O)O)cc(O)c2c1N=Nc1ccccc1.[Na+]. The van der Waals surface area contributed by atoms with Crippen molar-refractivity contribution in [1.82, 2.24) is 0 Å². The molecule has 4 N–H and O–H groups in total. The van der Waals surface area contributed by atoms with Gasteiger partial charge in [0.1, 0.15) is 11.4 Å². The van der Waals surface area contributed by atoms with Gasteiger partial charge >= 0.3 is 29.6 Å². The number of rotatable bonds is 3. The number of aromatic hydroxyl groups is 1. The van der Waals surface area contributed by atoms with Gasteiger partial charge in [-0.2, -0.15) is 13.5 Å². The summed E-state index contributed by atoms with van der Waals surface area (Å²) < 4.78 is 31.7. The Bertz CT molecular complexity index is 1050. The van der Waals surface area contributed by atoms with Crippen molar-refractivity contribution < 1.29 is 47.6 Å². The fourth-order valence-corrected chi connectivity index (χ4v) is 2.81. The number of fused-ring (bicyclic) bond motifs is 1. The second kappa shape index (κ2) is 7.51. The van der Waals surface area contributed by atoms with Gasteiger partial charge in [0.25, 0.3) is 10.1 Å². The van der Waals surface area contributed by atoms with Crippen LogP contribution in [0.3, 0.4) is 0 Å². The monoisotopic (exact) mass is 366 g/mol. The van der Waals surface area contributed by atoms with Crippen LogP contribution in [0.25, 0.3) is 10.8 Å². The molecule has 0 saturated heterocycles. The van der Waals surface area contributed by atoms with Crippen molar-refractivity contribution in [2.75, 3.05) is 5.73 Å². The third-order valence-corrected chi connectivity index (χ3v) is 4.23. The van der Waals surface area contributed by atoms with Gasteiger partial charge in [-0.3, -0.25) is 4.55 Å². The smallest absolute Gasteiger partial charge is 0.507 e. The Labute approximate surface area is 166 Å². The summed E-state index contributed by atoms with van der Waals surface area (Å²) in [6.07, 6.45) is 0. The zero-order valence-electron chi connectivity index (χ0n) is 13.3. The van der Waals surface area contributed by atoms with Gasteiger partial charge in [0.15, 0.2) is 0 Å². The van der Waals surface area contributed by atoms with Gasteiger partial charge in [-0.25, -0.2) is 0 Å². The molecule has 0 fully saturated rings. The summed E-state index contributed by atoms with van der Waals surface area (Å²) in [5.74, 6) is -0.366. The molecular weight excluding hydrogens is 353 g/mol. The van der Waals surface area contributed by atoms with Crippen LogP contribution in [0.1, 0.15) is 0 Å². The first-order valence-electron chi connectivity index (χ1n) is 6.86. The van der Waals surface area contributed by atoms with Gasteiger partial charge in [-0.15, -0.1) is 5.11 Å². The number of phenols is 1. The van der Waals surface area contributed by atoms with Crippen molar-refractivity contribution in [1.29, 1.82) is 0 Å². The normalized spacial score (nSPS) is 11.6. The second-order valence-corrected chi connectivity index (χ2v) is 6.48. The molecule has 3 aromatic carbocycles. The molecule has 3 rings (SSSR count). The topological polar surface area (TPSA) is 125 Å². The van der Waals surface area contributed by atoms with E-state index in [0.717, 1.165) is 6.07 Å². The molecule has 9 heteroatoms. The molecule has 7 nitrogen and oxygen atoms in total. The Kier molecular flexibility index (Phi) is 5.81. The van der Waals surface area contributed by atoms with Crippen LogP contribution in [-0.4, -0.2) is 18.1 Å². The van der Waals surface area contributed by atoms with Crippen LogP contribution < -0.4 is 35.3 Å². The Morgan fingerprint density at radius 2 is 1.64 bits per heavy atom. The van der Waals surface area contributed by atoms with Crippen molar-refractivity contribution in [3.05, 3.63) is 54.6 Å². The first kappa shape index (κ1) is 19.4. The van der Waals surface area contributed by atoms with Gasteiger partial charge in [0, 0.05) is 6.07 Å². The van der Waals surface area contributed by atoms with Crippen LogP contribution in [0, 0.1) is 0 Å². The molecule has 0 unspecified atom stereocenters. The van der Waals surface area contributed by atoms with E-state index >= 15 is 0 Å². The van der Waals surface area contributed by atoms with Crippen molar-refractivity contribution in [2.45, 2.75) is 4.90 Å². The minimum atomic E-state index is -4.44. The molecule has 0 aliphatic heterocycles. The van der Waals surface area contributed by atoms with E-state index in [-0.39, 0.29) is 52.1 Å². The minimum absolute atomic E-state index is 0. The third-order valence-electron chi connectivity index (χ3n) is 3.39. The van der Waals surface area contributed by atoms with E-state index in [0.29, 0.717) is 11.1 Å². The zero-order chi connectivity index (χ0) is 17.3. The zero-order valence-corrected chi connectivity index (χ0v) is 16.1. The van der Waals surface area contributed by atoms with E-state index in [1.807, 2.05) is 6.07 Å². The van der Waals surface area contributed by atoms with Gasteiger partial charge in [0.2, 0.25) is 0 Å². The summed E-state index contributed by atoms with van der Waals surface area (Å²) in [5.41, 5.74) is 7.00. The van der Waals surface area contributed by atoms with E-state index < -0.39 is 15.0 Å². The Morgan fingerprint density at radius 3 is 2.28 bits per heavy atom. The largest absolute Gasteiger partial charge is 1.00 e. The standard InChI is InChI=1S/C16H13N3O4S.Na/c17-13-7-6-10-8-12(24(21,22)23)9-14(20)15(10)16(13)19-18-11-4-2-1-3-5-11;/h1-9,20H,17H2,(H,21,22,23);/q;+1. The molecule has 0 radical (unpaired) electrons. The summed E-state index contributed by atoms with van der Waals surface area (Å²) in [7, 11) is -4.44. The fourth-order valence-electron chi connectivity index (χ4n) is 2.27. The quantitative estimate of drug-likeness (QED) is 0.274. The summed E-state index contributed by atoms with van der Waals surface area (Å²) in [5, 5.41) is 18.9. The molecule has 0 saturated carbocycles. The van der Waals surface area contributed by atoms with E-state index in [9.17, 15) is 13.5 Å². The molecule has 0 aliphatic carbocycles. The van der Waals surface area contributed by atoms with Crippen LogP contribution in [0.2, 0.25) is 0 Å². The van der Waals surface area contributed by atoms with Gasteiger partial charge in [-0.05, 0) is 29.7 Å². The van der Waals surface area contributed by atoms with Crippen LogP contribution in [-0.2, 0) is 10.1 Å². The van der Waals surface area contributed by atoms with Crippen LogP contribution in [0.5, 0.6) is 5.75 Å². The average Bonchev–Trinajstić information content (AvgIpc) is 2.54. The molecule has 25 heavy (non-hydrogen) atoms.